The highest BCUT2D eigenvalue weighted by Crippen LogP contribution is 2.32. The van der Waals surface area contributed by atoms with E-state index in [0.29, 0.717) is 16.8 Å². The van der Waals surface area contributed by atoms with Crippen LogP contribution in [0.25, 0.3) is 11.5 Å². The maximum atomic E-state index is 12.7. The van der Waals surface area contributed by atoms with E-state index in [1.54, 1.807) is 19.1 Å². The average molecular weight is 528 g/mol. The van der Waals surface area contributed by atoms with Crippen molar-refractivity contribution in [1.29, 1.82) is 5.26 Å². The number of aliphatic hydroxyl groups excluding tert-OH is 1. The van der Waals surface area contributed by atoms with Gasteiger partial charge in [-0.15, -0.1) is 10.2 Å². The number of nitriles is 1. The van der Waals surface area contributed by atoms with Crippen molar-refractivity contribution in [1.82, 2.24) is 10.2 Å². The molecule has 156 valence electrons. The minimum Gasteiger partial charge on any atom is -0.418 e. The Bertz CT molecular complexity index is 1090. The van der Waals surface area contributed by atoms with E-state index in [1.165, 1.54) is 12.1 Å². The maximum absolute atomic E-state index is 12.7. The van der Waals surface area contributed by atoms with Crippen LogP contribution in [0.15, 0.2) is 40.8 Å². The third-order valence-corrected chi connectivity index (χ3v) is 5.86. The summed E-state index contributed by atoms with van der Waals surface area (Å²) < 4.78 is 44.6. The van der Waals surface area contributed by atoms with Gasteiger partial charge in [0, 0.05) is 14.8 Å². The fourth-order valence-corrected chi connectivity index (χ4v) is 3.35. The van der Waals surface area contributed by atoms with E-state index in [-0.39, 0.29) is 11.8 Å². The van der Waals surface area contributed by atoms with Crippen LogP contribution in [-0.2, 0) is 6.18 Å². The molecule has 0 saturated heterocycles. The van der Waals surface area contributed by atoms with Gasteiger partial charge in [0.25, 0.3) is 0 Å². The molecule has 0 fully saturated rings. The molecule has 1 aromatic heterocycles. The van der Waals surface area contributed by atoms with Gasteiger partial charge >= 0.3 is 6.18 Å². The molecule has 30 heavy (non-hydrogen) atoms. The van der Waals surface area contributed by atoms with Gasteiger partial charge in [0.15, 0.2) is 0 Å². The van der Waals surface area contributed by atoms with E-state index >= 15 is 0 Å². The van der Waals surface area contributed by atoms with E-state index in [0.717, 1.165) is 21.3 Å². The average Bonchev–Trinajstić information content (AvgIpc) is 3.18. The first-order valence-corrected chi connectivity index (χ1v) is 9.84. The SMILES string of the molecule is Cc1c(N[C@@H](c2nnc(-c3ccc(C(F)(F)F)cc3)o2)[C@H](C)O)ccc(C#N)c1I. The van der Waals surface area contributed by atoms with Crippen LogP contribution in [0.2, 0.25) is 0 Å². The van der Waals surface area contributed by atoms with Gasteiger partial charge in [0.1, 0.15) is 12.1 Å². The normalized spacial score (nSPS) is 13.5. The molecule has 0 aliphatic heterocycles. The lowest BCUT2D eigenvalue weighted by molar-refractivity contribution is -0.137. The Morgan fingerprint density at radius 1 is 1.17 bits per heavy atom. The van der Waals surface area contributed by atoms with E-state index in [1.807, 2.05) is 6.92 Å². The number of aromatic nitrogens is 2. The summed E-state index contributed by atoms with van der Waals surface area (Å²) in [5.74, 6) is 0.121. The monoisotopic (exact) mass is 528 g/mol. The fourth-order valence-electron chi connectivity index (χ4n) is 2.76. The van der Waals surface area contributed by atoms with Crippen LogP contribution in [0.3, 0.4) is 0 Å². The van der Waals surface area contributed by atoms with Crippen LogP contribution in [0, 0.1) is 21.8 Å². The highest BCUT2D eigenvalue weighted by atomic mass is 127. The number of nitrogens with one attached hydrogen (secondary N) is 1. The second kappa shape index (κ2) is 8.61. The number of hydrogen-bond donors (Lipinski definition) is 2. The molecule has 1 heterocycles. The molecule has 0 spiro atoms. The molecule has 2 N–H and O–H groups in total. The third kappa shape index (κ3) is 4.57. The van der Waals surface area contributed by atoms with Crippen molar-refractivity contribution in [3.8, 4) is 17.5 Å². The number of alkyl halides is 3. The molecule has 0 bridgehead atoms. The number of halogens is 4. The lowest BCUT2D eigenvalue weighted by Gasteiger charge is -2.21. The summed E-state index contributed by atoms with van der Waals surface area (Å²) in [5.41, 5.74) is 1.59. The summed E-state index contributed by atoms with van der Waals surface area (Å²) in [4.78, 5) is 0. The molecule has 0 amide bonds. The molecule has 2 aromatic carbocycles. The molecule has 6 nitrogen and oxygen atoms in total. The lowest BCUT2D eigenvalue weighted by atomic mass is 10.1. The number of hydrogen-bond acceptors (Lipinski definition) is 6. The van der Waals surface area contributed by atoms with Crippen LogP contribution in [0.5, 0.6) is 0 Å². The third-order valence-electron chi connectivity index (χ3n) is 4.47. The summed E-state index contributed by atoms with van der Waals surface area (Å²) in [7, 11) is 0. The summed E-state index contributed by atoms with van der Waals surface area (Å²) in [6, 6.07) is 9.10. The van der Waals surface area contributed by atoms with Crippen molar-refractivity contribution in [3.05, 3.63) is 62.5 Å². The molecule has 0 aliphatic rings. The topological polar surface area (TPSA) is 95.0 Å². The first kappa shape index (κ1) is 22.0. The Morgan fingerprint density at radius 3 is 2.40 bits per heavy atom. The first-order valence-electron chi connectivity index (χ1n) is 8.76. The van der Waals surface area contributed by atoms with Crippen molar-refractivity contribution in [2.45, 2.75) is 32.2 Å². The predicted octanol–water partition coefficient (Wildman–Crippen LogP) is 5.07. The Labute approximate surface area is 183 Å². The van der Waals surface area contributed by atoms with E-state index in [4.69, 9.17) is 9.68 Å². The number of nitrogens with zero attached hydrogens (tertiary/aromatic N) is 3. The van der Waals surface area contributed by atoms with Crippen LogP contribution in [-0.4, -0.2) is 21.4 Å². The summed E-state index contributed by atoms with van der Waals surface area (Å²) in [6.07, 6.45) is -5.35. The van der Waals surface area contributed by atoms with Crippen LogP contribution in [0.4, 0.5) is 18.9 Å². The van der Waals surface area contributed by atoms with Crippen LogP contribution >= 0.6 is 22.6 Å². The van der Waals surface area contributed by atoms with Crippen molar-refractivity contribution < 1.29 is 22.7 Å². The van der Waals surface area contributed by atoms with Gasteiger partial charge < -0.3 is 14.8 Å². The zero-order valence-electron chi connectivity index (χ0n) is 15.8. The standard InChI is InChI=1S/C20H16F3IN4O2/c1-10-15(8-5-13(9-25)16(10)24)26-17(11(2)29)19-28-27-18(30-19)12-3-6-14(7-4-12)20(21,22)23/h3-8,11,17,26,29H,1-2H3/t11-,17+/m0/s1. The van der Waals surface area contributed by atoms with Gasteiger partial charge in [-0.05, 0) is 78.4 Å². The molecular formula is C20H16F3IN4O2. The van der Waals surface area contributed by atoms with Crippen LogP contribution in [0.1, 0.15) is 35.5 Å². The minimum absolute atomic E-state index is 0.0392. The minimum atomic E-state index is -4.43. The molecular weight excluding hydrogens is 512 g/mol. The molecule has 3 rings (SSSR count). The smallest absolute Gasteiger partial charge is 0.416 e. The number of rotatable bonds is 5. The lowest BCUT2D eigenvalue weighted by Crippen LogP contribution is -2.23. The quantitative estimate of drug-likeness (QED) is 0.449. The zero-order chi connectivity index (χ0) is 22.1. The molecule has 0 radical (unpaired) electrons. The van der Waals surface area contributed by atoms with Gasteiger partial charge in [-0.1, -0.05) is 0 Å². The van der Waals surface area contributed by atoms with E-state index in [9.17, 15) is 18.3 Å². The van der Waals surface area contributed by atoms with E-state index in [2.05, 4.69) is 44.2 Å². The molecule has 2 atom stereocenters. The predicted molar refractivity (Wildman–Crippen MR) is 111 cm³/mol. The molecule has 10 heteroatoms. The number of aliphatic hydroxyl groups is 1. The first-order chi connectivity index (χ1) is 14.1. The second-order valence-electron chi connectivity index (χ2n) is 6.59. The van der Waals surface area contributed by atoms with E-state index < -0.39 is 23.9 Å². The van der Waals surface area contributed by atoms with Crippen molar-refractivity contribution in [2.75, 3.05) is 5.32 Å². The number of benzene rings is 2. The summed E-state index contributed by atoms with van der Waals surface area (Å²) >= 11 is 2.07. The summed E-state index contributed by atoms with van der Waals surface area (Å²) in [5, 5.41) is 30.4. The largest absolute Gasteiger partial charge is 0.418 e. The number of anilines is 1. The Morgan fingerprint density at radius 2 is 1.83 bits per heavy atom. The zero-order valence-corrected chi connectivity index (χ0v) is 18.0. The van der Waals surface area contributed by atoms with Crippen molar-refractivity contribution in [2.24, 2.45) is 0 Å². The van der Waals surface area contributed by atoms with Gasteiger partial charge in [0.2, 0.25) is 11.8 Å². The van der Waals surface area contributed by atoms with Crippen molar-refractivity contribution in [3.63, 3.8) is 0 Å². The van der Waals surface area contributed by atoms with Gasteiger partial charge in [0.05, 0.1) is 17.2 Å². The highest BCUT2D eigenvalue weighted by Gasteiger charge is 2.30. The molecule has 0 aliphatic carbocycles. The molecule has 0 unspecified atom stereocenters. The molecule has 3 aromatic rings. The second-order valence-corrected chi connectivity index (χ2v) is 7.67. The van der Waals surface area contributed by atoms with Gasteiger partial charge in [-0.25, -0.2) is 0 Å². The Hall–Kier alpha value is -2.65. The Balaban J connectivity index is 1.88. The highest BCUT2D eigenvalue weighted by molar-refractivity contribution is 14.1. The maximum Gasteiger partial charge on any atom is 0.416 e. The van der Waals surface area contributed by atoms with Crippen molar-refractivity contribution >= 4 is 28.3 Å². The molecule has 0 saturated carbocycles. The fraction of sp³-hybridized carbons (Fsp3) is 0.250. The van der Waals surface area contributed by atoms with Gasteiger partial charge in [-0.3, -0.25) is 0 Å². The van der Waals surface area contributed by atoms with Crippen LogP contribution < -0.4 is 5.32 Å². The Kier molecular flexibility index (Phi) is 6.33. The summed E-state index contributed by atoms with van der Waals surface area (Å²) in [6.45, 7) is 3.38. The van der Waals surface area contributed by atoms with Gasteiger partial charge in [-0.2, -0.15) is 18.4 Å².